The second-order valence-electron chi connectivity index (χ2n) is 3.59. The number of nitrogens with two attached hydrogens (primary N) is 1. The molecule has 0 aliphatic heterocycles. The van der Waals surface area contributed by atoms with Crippen LogP contribution in [0.15, 0.2) is 18.5 Å². The van der Waals surface area contributed by atoms with Crippen molar-refractivity contribution in [3.8, 4) is 5.75 Å². The minimum atomic E-state index is -0.173. The summed E-state index contributed by atoms with van der Waals surface area (Å²) in [5, 5.41) is 2.79. The number of nitrogens with one attached hydrogen (secondary N) is 1. The van der Waals surface area contributed by atoms with Gasteiger partial charge in [-0.15, -0.1) is 0 Å². The number of rotatable bonds is 8. The maximum Gasteiger partial charge on any atom is 0.255 e. The van der Waals surface area contributed by atoms with Crippen LogP contribution in [0.25, 0.3) is 0 Å². The van der Waals surface area contributed by atoms with E-state index in [4.69, 9.17) is 15.2 Å². The van der Waals surface area contributed by atoms with E-state index in [0.29, 0.717) is 37.6 Å². The van der Waals surface area contributed by atoms with Gasteiger partial charge in [0.05, 0.1) is 25.5 Å². The van der Waals surface area contributed by atoms with E-state index in [0.717, 1.165) is 6.42 Å². The Labute approximate surface area is 106 Å². The first kappa shape index (κ1) is 14.4. The smallest absolute Gasteiger partial charge is 0.255 e. The van der Waals surface area contributed by atoms with Gasteiger partial charge < -0.3 is 20.5 Å². The van der Waals surface area contributed by atoms with Gasteiger partial charge in [0, 0.05) is 25.9 Å². The third kappa shape index (κ3) is 4.68. The summed E-state index contributed by atoms with van der Waals surface area (Å²) in [5.41, 5.74) is 5.77. The number of carbonyl (C=O) groups is 1. The molecule has 0 saturated heterocycles. The lowest BCUT2D eigenvalue weighted by Crippen LogP contribution is -2.26. The van der Waals surface area contributed by atoms with Gasteiger partial charge in [0.15, 0.2) is 0 Å². The third-order valence-corrected chi connectivity index (χ3v) is 2.26. The molecular weight excluding hydrogens is 234 g/mol. The molecule has 1 rings (SSSR count). The molecule has 0 aliphatic rings. The molecule has 6 nitrogen and oxygen atoms in total. The first-order valence-electron chi connectivity index (χ1n) is 5.83. The molecule has 100 valence electrons. The molecule has 1 aromatic rings. The normalized spacial score (nSPS) is 10.1. The van der Waals surface area contributed by atoms with E-state index in [1.54, 1.807) is 12.3 Å². The predicted molar refractivity (Wildman–Crippen MR) is 67.6 cm³/mol. The Bertz CT molecular complexity index is 371. The van der Waals surface area contributed by atoms with Crippen molar-refractivity contribution in [3.63, 3.8) is 0 Å². The highest BCUT2D eigenvalue weighted by Gasteiger charge is 2.10. The summed E-state index contributed by atoms with van der Waals surface area (Å²) in [6.45, 7) is 2.20. The van der Waals surface area contributed by atoms with Crippen molar-refractivity contribution >= 4 is 5.91 Å². The standard InChI is InChI=1S/C12H19N3O3/c1-17-11-9-14-6-3-10(11)12(16)15-5-2-7-18-8-4-13/h3,6,9H,2,4-5,7-8,13H2,1H3,(H,15,16). The fourth-order valence-corrected chi connectivity index (χ4v) is 1.39. The minimum absolute atomic E-state index is 0.173. The molecule has 0 spiro atoms. The lowest BCUT2D eigenvalue weighted by atomic mass is 10.2. The average molecular weight is 253 g/mol. The zero-order valence-corrected chi connectivity index (χ0v) is 10.5. The Balaban J connectivity index is 2.32. The van der Waals surface area contributed by atoms with Crippen LogP contribution in [0.4, 0.5) is 0 Å². The Kier molecular flexibility index (Phi) is 6.75. The second kappa shape index (κ2) is 8.43. The van der Waals surface area contributed by atoms with E-state index in [1.165, 1.54) is 13.3 Å². The molecule has 0 saturated carbocycles. The number of methoxy groups -OCH3 is 1. The zero-order chi connectivity index (χ0) is 13.2. The van der Waals surface area contributed by atoms with Gasteiger partial charge in [-0.25, -0.2) is 0 Å². The van der Waals surface area contributed by atoms with Crippen LogP contribution in [0.1, 0.15) is 16.8 Å². The summed E-state index contributed by atoms with van der Waals surface area (Å²) < 4.78 is 10.3. The molecule has 0 aliphatic carbocycles. The van der Waals surface area contributed by atoms with Crippen molar-refractivity contribution in [2.75, 3.05) is 33.4 Å². The number of carbonyl (C=O) groups excluding carboxylic acids is 1. The van der Waals surface area contributed by atoms with E-state index >= 15 is 0 Å². The SMILES string of the molecule is COc1cnccc1C(=O)NCCCOCCN. The number of aromatic nitrogens is 1. The molecule has 0 radical (unpaired) electrons. The van der Waals surface area contributed by atoms with Crippen LogP contribution < -0.4 is 15.8 Å². The third-order valence-electron chi connectivity index (χ3n) is 2.26. The van der Waals surface area contributed by atoms with Gasteiger partial charge in [0.25, 0.3) is 5.91 Å². The van der Waals surface area contributed by atoms with Crippen molar-refractivity contribution in [1.29, 1.82) is 0 Å². The quantitative estimate of drug-likeness (QED) is 0.646. The van der Waals surface area contributed by atoms with Crippen molar-refractivity contribution < 1.29 is 14.3 Å². The number of pyridine rings is 1. The van der Waals surface area contributed by atoms with Crippen molar-refractivity contribution in [1.82, 2.24) is 10.3 Å². The van der Waals surface area contributed by atoms with E-state index < -0.39 is 0 Å². The summed E-state index contributed by atoms with van der Waals surface area (Å²) in [6, 6.07) is 1.62. The number of amides is 1. The van der Waals surface area contributed by atoms with Crippen LogP contribution in [-0.4, -0.2) is 44.3 Å². The molecule has 18 heavy (non-hydrogen) atoms. The Hall–Kier alpha value is -1.66. The van der Waals surface area contributed by atoms with Crippen LogP contribution in [0.5, 0.6) is 5.75 Å². The van der Waals surface area contributed by atoms with Crippen LogP contribution in [-0.2, 0) is 4.74 Å². The molecule has 0 atom stereocenters. The van der Waals surface area contributed by atoms with Crippen LogP contribution in [0, 0.1) is 0 Å². The lowest BCUT2D eigenvalue weighted by Gasteiger charge is -2.08. The molecule has 1 heterocycles. The van der Waals surface area contributed by atoms with Crippen LogP contribution in [0.3, 0.4) is 0 Å². The molecular formula is C12H19N3O3. The lowest BCUT2D eigenvalue weighted by molar-refractivity contribution is 0.0940. The molecule has 3 N–H and O–H groups in total. The van der Waals surface area contributed by atoms with Gasteiger partial charge in [-0.1, -0.05) is 0 Å². The van der Waals surface area contributed by atoms with Gasteiger partial charge in [-0.2, -0.15) is 0 Å². The molecule has 0 fully saturated rings. The summed E-state index contributed by atoms with van der Waals surface area (Å²) in [6.07, 6.45) is 3.82. The molecule has 0 bridgehead atoms. The van der Waals surface area contributed by atoms with Gasteiger partial charge in [0.1, 0.15) is 5.75 Å². The van der Waals surface area contributed by atoms with Crippen molar-refractivity contribution in [2.45, 2.75) is 6.42 Å². The first-order valence-corrected chi connectivity index (χ1v) is 5.83. The number of nitrogens with zero attached hydrogens (tertiary/aromatic N) is 1. The average Bonchev–Trinajstić information content (AvgIpc) is 2.42. The van der Waals surface area contributed by atoms with Crippen molar-refractivity contribution in [2.24, 2.45) is 5.73 Å². The molecule has 0 unspecified atom stereocenters. The van der Waals surface area contributed by atoms with E-state index in [9.17, 15) is 4.79 Å². The summed E-state index contributed by atoms with van der Waals surface area (Å²) in [4.78, 5) is 15.7. The Morgan fingerprint density at radius 1 is 1.50 bits per heavy atom. The summed E-state index contributed by atoms with van der Waals surface area (Å²) >= 11 is 0. The summed E-state index contributed by atoms with van der Waals surface area (Å²) in [5.74, 6) is 0.294. The van der Waals surface area contributed by atoms with E-state index in [1.807, 2.05) is 0 Å². The topological polar surface area (TPSA) is 86.5 Å². The highest BCUT2D eigenvalue weighted by Crippen LogP contribution is 2.14. The van der Waals surface area contributed by atoms with Crippen molar-refractivity contribution in [3.05, 3.63) is 24.0 Å². The number of hydrogen-bond acceptors (Lipinski definition) is 5. The van der Waals surface area contributed by atoms with Crippen LogP contribution in [0.2, 0.25) is 0 Å². The zero-order valence-electron chi connectivity index (χ0n) is 10.5. The monoisotopic (exact) mass is 253 g/mol. The molecule has 6 heteroatoms. The number of ether oxygens (including phenoxy) is 2. The predicted octanol–water partition coefficient (Wildman–Crippen LogP) is 0.185. The second-order valence-corrected chi connectivity index (χ2v) is 3.59. The summed E-state index contributed by atoms with van der Waals surface area (Å²) in [7, 11) is 1.51. The van der Waals surface area contributed by atoms with Gasteiger partial charge >= 0.3 is 0 Å². The Morgan fingerprint density at radius 2 is 2.33 bits per heavy atom. The fourth-order valence-electron chi connectivity index (χ4n) is 1.39. The molecule has 1 amide bonds. The largest absolute Gasteiger partial charge is 0.494 e. The molecule has 0 aromatic carbocycles. The minimum Gasteiger partial charge on any atom is -0.494 e. The van der Waals surface area contributed by atoms with E-state index in [2.05, 4.69) is 10.3 Å². The number of hydrogen-bond donors (Lipinski definition) is 2. The highest BCUT2D eigenvalue weighted by molar-refractivity contribution is 5.96. The van der Waals surface area contributed by atoms with Gasteiger partial charge in [-0.05, 0) is 12.5 Å². The van der Waals surface area contributed by atoms with E-state index in [-0.39, 0.29) is 5.91 Å². The highest BCUT2D eigenvalue weighted by atomic mass is 16.5. The fraction of sp³-hybridized carbons (Fsp3) is 0.500. The maximum absolute atomic E-state index is 11.8. The Morgan fingerprint density at radius 3 is 3.06 bits per heavy atom. The van der Waals surface area contributed by atoms with Gasteiger partial charge in [-0.3, -0.25) is 9.78 Å². The molecule has 1 aromatic heterocycles. The van der Waals surface area contributed by atoms with Gasteiger partial charge in [0.2, 0.25) is 0 Å². The maximum atomic E-state index is 11.8. The van der Waals surface area contributed by atoms with Crippen LogP contribution >= 0.6 is 0 Å². The first-order chi connectivity index (χ1) is 8.79.